The van der Waals surface area contributed by atoms with Crippen molar-refractivity contribution in [1.29, 1.82) is 0 Å². The Morgan fingerprint density at radius 1 is 1.31 bits per heavy atom. The Hall–Kier alpha value is -0.570. The van der Waals surface area contributed by atoms with E-state index in [9.17, 15) is 4.79 Å². The Morgan fingerprint density at radius 2 is 2.00 bits per heavy atom. The van der Waals surface area contributed by atoms with Crippen molar-refractivity contribution in [2.24, 2.45) is 0 Å². The normalized spacial score (nSPS) is 16.5. The zero-order valence-corrected chi connectivity index (χ0v) is 8.42. The van der Waals surface area contributed by atoms with Gasteiger partial charge in [-0.2, -0.15) is 0 Å². The minimum atomic E-state index is 0.327. The number of carbonyl (C=O) groups is 1. The molecule has 0 aromatic heterocycles. The van der Waals surface area contributed by atoms with E-state index in [0.717, 1.165) is 32.5 Å². The van der Waals surface area contributed by atoms with Crippen LogP contribution in [0.1, 0.15) is 32.1 Å². The molecule has 1 fully saturated rings. The smallest absolute Gasteiger partial charge is 0.222 e. The molecule has 0 bridgehead atoms. The second-order valence-electron chi connectivity index (χ2n) is 3.54. The molecule has 1 amide bonds. The van der Waals surface area contributed by atoms with Crippen LogP contribution in [0.5, 0.6) is 0 Å². The van der Waals surface area contributed by atoms with Crippen LogP contribution in [-0.2, 0) is 9.53 Å². The number of hydrogen-bond acceptors (Lipinski definition) is 2. The van der Waals surface area contributed by atoms with E-state index in [1.165, 1.54) is 12.8 Å². The minimum absolute atomic E-state index is 0.327. The van der Waals surface area contributed by atoms with Gasteiger partial charge in [0.25, 0.3) is 0 Å². The third-order valence-electron chi connectivity index (χ3n) is 2.45. The van der Waals surface area contributed by atoms with E-state index in [4.69, 9.17) is 4.74 Å². The number of hydrogen-bond donors (Lipinski definition) is 0. The molecule has 0 aromatic rings. The van der Waals surface area contributed by atoms with Crippen LogP contribution in [0.4, 0.5) is 0 Å². The van der Waals surface area contributed by atoms with Crippen LogP contribution in [0.3, 0.4) is 0 Å². The molecule has 0 N–H and O–H groups in total. The van der Waals surface area contributed by atoms with Crippen LogP contribution in [0.25, 0.3) is 0 Å². The van der Waals surface area contributed by atoms with Gasteiger partial charge in [0.05, 0.1) is 0 Å². The van der Waals surface area contributed by atoms with Crippen LogP contribution in [-0.4, -0.2) is 37.6 Å². The molecule has 0 aromatic carbocycles. The van der Waals surface area contributed by atoms with Crippen LogP contribution in [0, 0.1) is 0 Å². The summed E-state index contributed by atoms with van der Waals surface area (Å²) in [6.45, 7) is 2.72. The van der Waals surface area contributed by atoms with Crippen molar-refractivity contribution >= 4 is 5.91 Å². The summed E-state index contributed by atoms with van der Waals surface area (Å²) >= 11 is 0. The highest BCUT2D eigenvalue weighted by molar-refractivity contribution is 5.76. The molecular formula is C10H19NO2. The maximum absolute atomic E-state index is 11.5. The Labute approximate surface area is 80.1 Å². The first-order valence-corrected chi connectivity index (χ1v) is 5.11. The molecule has 1 aliphatic heterocycles. The molecule has 0 saturated carbocycles. The van der Waals surface area contributed by atoms with E-state index < -0.39 is 0 Å². The number of amides is 1. The quantitative estimate of drug-likeness (QED) is 0.606. The van der Waals surface area contributed by atoms with E-state index >= 15 is 0 Å². The summed E-state index contributed by atoms with van der Waals surface area (Å²) in [4.78, 5) is 13.5. The van der Waals surface area contributed by atoms with Gasteiger partial charge >= 0.3 is 0 Å². The number of methoxy groups -OCH3 is 1. The molecule has 0 atom stereocenters. The summed E-state index contributed by atoms with van der Waals surface area (Å²) in [7, 11) is 1.70. The van der Waals surface area contributed by atoms with E-state index in [1.54, 1.807) is 7.11 Å². The van der Waals surface area contributed by atoms with Gasteiger partial charge in [-0.1, -0.05) is 0 Å². The van der Waals surface area contributed by atoms with Gasteiger partial charge < -0.3 is 9.64 Å². The maximum atomic E-state index is 11.5. The lowest BCUT2D eigenvalue weighted by Crippen LogP contribution is -2.27. The van der Waals surface area contributed by atoms with Crippen LogP contribution < -0.4 is 0 Å². The van der Waals surface area contributed by atoms with Crippen molar-refractivity contribution in [3.63, 3.8) is 0 Å². The lowest BCUT2D eigenvalue weighted by Gasteiger charge is -2.14. The number of carbonyl (C=O) groups excluding carboxylic acids is 1. The Morgan fingerprint density at radius 3 is 2.62 bits per heavy atom. The van der Waals surface area contributed by atoms with E-state index in [0.29, 0.717) is 12.3 Å². The molecule has 1 saturated heterocycles. The van der Waals surface area contributed by atoms with Crippen LogP contribution in [0.15, 0.2) is 0 Å². The van der Waals surface area contributed by atoms with E-state index in [-0.39, 0.29) is 0 Å². The van der Waals surface area contributed by atoms with Crippen molar-refractivity contribution in [2.45, 2.75) is 32.1 Å². The molecule has 3 nitrogen and oxygen atoms in total. The molecule has 0 radical (unpaired) electrons. The highest BCUT2D eigenvalue weighted by Gasteiger charge is 2.16. The van der Waals surface area contributed by atoms with Gasteiger partial charge in [0.15, 0.2) is 0 Å². The molecule has 1 aliphatic rings. The van der Waals surface area contributed by atoms with Crippen LogP contribution >= 0.6 is 0 Å². The minimum Gasteiger partial charge on any atom is -0.385 e. The Kier molecular flexibility index (Phi) is 4.83. The van der Waals surface area contributed by atoms with E-state index in [2.05, 4.69) is 0 Å². The fourth-order valence-corrected chi connectivity index (χ4v) is 1.65. The fraction of sp³-hybridized carbons (Fsp3) is 0.900. The highest BCUT2D eigenvalue weighted by Crippen LogP contribution is 2.10. The van der Waals surface area contributed by atoms with Gasteiger partial charge in [0, 0.05) is 33.2 Å². The molecule has 1 heterocycles. The molecule has 0 aliphatic carbocycles. The van der Waals surface area contributed by atoms with Gasteiger partial charge in [0.1, 0.15) is 0 Å². The monoisotopic (exact) mass is 185 g/mol. The number of rotatable bonds is 5. The molecule has 1 rings (SSSR count). The number of unbranched alkanes of at least 4 members (excludes halogenated alkanes) is 1. The van der Waals surface area contributed by atoms with Crippen LogP contribution in [0.2, 0.25) is 0 Å². The molecule has 0 spiro atoms. The predicted octanol–water partition coefficient (Wildman–Crippen LogP) is 1.43. The van der Waals surface area contributed by atoms with Crippen molar-refractivity contribution in [2.75, 3.05) is 26.8 Å². The fourth-order valence-electron chi connectivity index (χ4n) is 1.65. The average molecular weight is 185 g/mol. The average Bonchev–Trinajstić information content (AvgIpc) is 2.65. The van der Waals surface area contributed by atoms with Gasteiger partial charge in [-0.15, -0.1) is 0 Å². The van der Waals surface area contributed by atoms with Gasteiger partial charge in [0.2, 0.25) is 5.91 Å². The molecule has 3 heteroatoms. The number of ether oxygens (including phenoxy) is 1. The predicted molar refractivity (Wildman–Crippen MR) is 51.5 cm³/mol. The van der Waals surface area contributed by atoms with Gasteiger partial charge in [-0.3, -0.25) is 4.79 Å². The first-order valence-electron chi connectivity index (χ1n) is 5.11. The van der Waals surface area contributed by atoms with Crippen molar-refractivity contribution in [3.05, 3.63) is 0 Å². The molecular weight excluding hydrogens is 166 g/mol. The summed E-state index contributed by atoms with van der Waals surface area (Å²) in [6, 6.07) is 0. The maximum Gasteiger partial charge on any atom is 0.222 e. The first-order chi connectivity index (χ1) is 6.34. The second-order valence-corrected chi connectivity index (χ2v) is 3.54. The topological polar surface area (TPSA) is 29.5 Å². The van der Waals surface area contributed by atoms with Gasteiger partial charge in [-0.25, -0.2) is 0 Å². The summed E-state index contributed by atoms with van der Waals surface area (Å²) in [5.41, 5.74) is 0. The first kappa shape index (κ1) is 10.5. The molecule has 76 valence electrons. The van der Waals surface area contributed by atoms with Crippen molar-refractivity contribution < 1.29 is 9.53 Å². The van der Waals surface area contributed by atoms with Gasteiger partial charge in [-0.05, 0) is 25.7 Å². The lowest BCUT2D eigenvalue weighted by atomic mass is 10.2. The zero-order chi connectivity index (χ0) is 9.52. The van der Waals surface area contributed by atoms with Crippen molar-refractivity contribution in [3.8, 4) is 0 Å². The summed E-state index contributed by atoms with van der Waals surface area (Å²) < 4.78 is 4.92. The van der Waals surface area contributed by atoms with E-state index in [1.807, 2.05) is 4.90 Å². The summed E-state index contributed by atoms with van der Waals surface area (Å²) in [5.74, 6) is 0.327. The third kappa shape index (κ3) is 3.77. The Bertz CT molecular complexity index is 153. The standard InChI is InChI=1S/C10H19NO2/c1-13-9-5-2-6-10(12)11-7-3-4-8-11/h2-9H2,1H3. The largest absolute Gasteiger partial charge is 0.385 e. The molecule has 13 heavy (non-hydrogen) atoms. The third-order valence-corrected chi connectivity index (χ3v) is 2.45. The molecule has 0 unspecified atom stereocenters. The highest BCUT2D eigenvalue weighted by atomic mass is 16.5. The zero-order valence-electron chi connectivity index (χ0n) is 8.42. The SMILES string of the molecule is COCCCCC(=O)N1CCCC1. The van der Waals surface area contributed by atoms with Crippen molar-refractivity contribution in [1.82, 2.24) is 4.90 Å². The number of likely N-dealkylation sites (tertiary alicyclic amines) is 1. The Balaban J connectivity index is 2.03. The summed E-state index contributed by atoms with van der Waals surface area (Å²) in [6.07, 6.45) is 5.02. The summed E-state index contributed by atoms with van der Waals surface area (Å²) in [5, 5.41) is 0. The lowest BCUT2D eigenvalue weighted by molar-refractivity contribution is -0.130. The number of nitrogens with zero attached hydrogens (tertiary/aromatic N) is 1. The second kappa shape index (κ2) is 5.97.